The summed E-state index contributed by atoms with van der Waals surface area (Å²) in [5.74, 6) is 5.98. The van der Waals surface area contributed by atoms with Gasteiger partial charge in [0.25, 0.3) is 0 Å². The number of hydrogen-bond donors (Lipinski definition) is 2. The van der Waals surface area contributed by atoms with Gasteiger partial charge in [-0.1, -0.05) is 30.3 Å². The zero-order valence-electron chi connectivity index (χ0n) is 11.7. The molecule has 3 N–H and O–H groups in total. The van der Waals surface area contributed by atoms with Gasteiger partial charge >= 0.3 is 0 Å². The van der Waals surface area contributed by atoms with Gasteiger partial charge in [0.15, 0.2) is 0 Å². The van der Waals surface area contributed by atoms with E-state index in [9.17, 15) is 0 Å². The molecule has 0 radical (unpaired) electrons. The van der Waals surface area contributed by atoms with Crippen LogP contribution in [0.25, 0.3) is 0 Å². The number of ether oxygens (including phenoxy) is 1. The summed E-state index contributed by atoms with van der Waals surface area (Å²) in [4.78, 5) is 0. The van der Waals surface area contributed by atoms with Crippen molar-refractivity contribution in [1.29, 1.82) is 0 Å². The summed E-state index contributed by atoms with van der Waals surface area (Å²) in [5, 5.41) is 4.28. The van der Waals surface area contributed by atoms with E-state index in [2.05, 4.69) is 62.4 Å². The third-order valence-electron chi connectivity index (χ3n) is 4.41. The average molecular weight is 367 g/mol. The molecule has 1 unspecified atom stereocenters. The Hall–Kier alpha value is -0.720. The van der Waals surface area contributed by atoms with Crippen LogP contribution < -0.4 is 11.3 Å². The maximum atomic E-state index is 5.98. The molecule has 1 atom stereocenters. The van der Waals surface area contributed by atoms with E-state index < -0.39 is 0 Å². The molecule has 2 aromatic rings. The fourth-order valence-corrected chi connectivity index (χ4v) is 4.85. The lowest BCUT2D eigenvalue weighted by molar-refractivity contribution is 0.0340. The number of nitrogens with one attached hydrogen (secondary N) is 1. The fraction of sp³-hybridized carbons (Fsp3) is 0.375. The van der Waals surface area contributed by atoms with Crippen molar-refractivity contribution in [3.05, 3.63) is 56.7 Å². The summed E-state index contributed by atoms with van der Waals surface area (Å²) < 4.78 is 6.73. The molecule has 2 heterocycles. The first-order valence-corrected chi connectivity index (χ1v) is 8.82. The normalized spacial score (nSPS) is 19.3. The average Bonchev–Trinajstić information content (AvgIpc) is 2.96. The van der Waals surface area contributed by atoms with E-state index in [-0.39, 0.29) is 11.5 Å². The highest BCUT2D eigenvalue weighted by Crippen LogP contribution is 2.46. The summed E-state index contributed by atoms with van der Waals surface area (Å²) in [6.45, 7) is 1.55. The van der Waals surface area contributed by atoms with Gasteiger partial charge < -0.3 is 4.74 Å². The van der Waals surface area contributed by atoms with E-state index in [1.165, 1.54) is 11.1 Å². The maximum absolute atomic E-state index is 5.98. The van der Waals surface area contributed by atoms with Gasteiger partial charge in [-0.3, -0.25) is 11.3 Å². The second-order valence-electron chi connectivity index (χ2n) is 5.41. The van der Waals surface area contributed by atoms with Gasteiger partial charge in [0.05, 0.1) is 6.04 Å². The van der Waals surface area contributed by atoms with Gasteiger partial charge in [-0.05, 0) is 45.3 Å². The Labute approximate surface area is 137 Å². The number of nitrogens with two attached hydrogens (primary N) is 1. The molecule has 0 spiro atoms. The lowest BCUT2D eigenvalue weighted by Crippen LogP contribution is -2.47. The second-order valence-corrected chi connectivity index (χ2v) is 7.01. The highest BCUT2D eigenvalue weighted by molar-refractivity contribution is 9.10. The zero-order valence-corrected chi connectivity index (χ0v) is 14.1. The summed E-state index contributed by atoms with van der Waals surface area (Å²) in [5.41, 5.74) is 5.60. The lowest BCUT2D eigenvalue weighted by Gasteiger charge is -2.43. The van der Waals surface area contributed by atoms with Crippen molar-refractivity contribution >= 4 is 27.3 Å². The third-order valence-corrected chi connectivity index (χ3v) is 6.16. The molecule has 0 aliphatic carbocycles. The monoisotopic (exact) mass is 366 g/mol. The molecule has 0 bridgehead atoms. The first-order valence-electron chi connectivity index (χ1n) is 7.09. The first-order chi connectivity index (χ1) is 10.3. The van der Waals surface area contributed by atoms with Crippen LogP contribution in [0.1, 0.15) is 30.0 Å². The van der Waals surface area contributed by atoms with Gasteiger partial charge in [0.1, 0.15) is 0 Å². The fourth-order valence-electron chi connectivity index (χ4n) is 3.29. The van der Waals surface area contributed by atoms with Crippen molar-refractivity contribution in [3.63, 3.8) is 0 Å². The van der Waals surface area contributed by atoms with Crippen molar-refractivity contribution in [1.82, 2.24) is 5.43 Å². The second kappa shape index (κ2) is 6.58. The van der Waals surface area contributed by atoms with Crippen molar-refractivity contribution < 1.29 is 4.74 Å². The molecular weight excluding hydrogens is 348 g/mol. The van der Waals surface area contributed by atoms with Crippen LogP contribution in [0.15, 0.2) is 45.6 Å². The predicted molar refractivity (Wildman–Crippen MR) is 90.3 cm³/mol. The summed E-state index contributed by atoms with van der Waals surface area (Å²) in [6, 6.07) is 10.7. The Morgan fingerprint density at radius 3 is 2.48 bits per heavy atom. The molecule has 1 aliphatic rings. The minimum absolute atomic E-state index is 0.0299. The van der Waals surface area contributed by atoms with E-state index in [0.29, 0.717) is 0 Å². The molecule has 1 fully saturated rings. The zero-order chi connectivity index (χ0) is 14.7. The summed E-state index contributed by atoms with van der Waals surface area (Å²) in [6.07, 6.45) is 1.93. The molecule has 0 amide bonds. The number of hydrogen-bond acceptors (Lipinski definition) is 4. The van der Waals surface area contributed by atoms with Gasteiger partial charge in [0, 0.05) is 28.5 Å². The highest BCUT2D eigenvalue weighted by atomic mass is 79.9. The smallest absolute Gasteiger partial charge is 0.0577 e. The van der Waals surface area contributed by atoms with Crippen LogP contribution in [0, 0.1) is 0 Å². The van der Waals surface area contributed by atoms with E-state index in [4.69, 9.17) is 10.6 Å². The van der Waals surface area contributed by atoms with Gasteiger partial charge in [-0.2, -0.15) is 11.3 Å². The number of rotatable bonds is 4. The molecule has 3 rings (SSSR count). The van der Waals surface area contributed by atoms with Gasteiger partial charge in [0.2, 0.25) is 0 Å². The van der Waals surface area contributed by atoms with Crippen LogP contribution in [0.5, 0.6) is 0 Å². The maximum Gasteiger partial charge on any atom is 0.0577 e. The highest BCUT2D eigenvalue weighted by Gasteiger charge is 2.43. The Morgan fingerprint density at radius 2 is 1.90 bits per heavy atom. The Bertz CT molecular complexity index is 581. The third kappa shape index (κ3) is 2.81. The SMILES string of the molecule is NNC(c1cscc1Br)C1(c2ccccc2)CCOCC1. The van der Waals surface area contributed by atoms with Gasteiger partial charge in [-0.15, -0.1) is 0 Å². The van der Waals surface area contributed by atoms with Crippen LogP contribution in [-0.2, 0) is 10.2 Å². The van der Waals surface area contributed by atoms with Gasteiger partial charge in [-0.25, -0.2) is 0 Å². The van der Waals surface area contributed by atoms with Crippen LogP contribution >= 0.6 is 27.3 Å². The van der Waals surface area contributed by atoms with Crippen molar-refractivity contribution in [3.8, 4) is 0 Å². The molecule has 5 heteroatoms. The molecule has 1 aromatic carbocycles. The topological polar surface area (TPSA) is 47.3 Å². The number of halogens is 1. The quantitative estimate of drug-likeness (QED) is 0.639. The predicted octanol–water partition coefficient (Wildman–Crippen LogP) is 3.76. The molecular formula is C16H19BrN2OS. The van der Waals surface area contributed by atoms with Crippen LogP contribution in [0.2, 0.25) is 0 Å². The minimum Gasteiger partial charge on any atom is -0.381 e. The number of hydrazine groups is 1. The molecule has 112 valence electrons. The Morgan fingerprint density at radius 1 is 1.19 bits per heavy atom. The van der Waals surface area contributed by atoms with Crippen LogP contribution in [-0.4, -0.2) is 13.2 Å². The summed E-state index contributed by atoms with van der Waals surface area (Å²) >= 11 is 5.35. The van der Waals surface area contributed by atoms with Crippen molar-refractivity contribution in [2.24, 2.45) is 5.84 Å². The molecule has 21 heavy (non-hydrogen) atoms. The standard InChI is InChI=1S/C16H19BrN2OS/c17-14-11-21-10-13(14)15(19-18)16(6-8-20-9-7-16)12-4-2-1-3-5-12/h1-5,10-11,15,19H,6-9,18H2. The Kier molecular flexibility index (Phi) is 4.76. The number of benzene rings is 1. The van der Waals surface area contributed by atoms with E-state index in [0.717, 1.165) is 30.5 Å². The van der Waals surface area contributed by atoms with Crippen LogP contribution in [0.3, 0.4) is 0 Å². The van der Waals surface area contributed by atoms with E-state index >= 15 is 0 Å². The molecule has 0 saturated carbocycles. The van der Waals surface area contributed by atoms with E-state index in [1.54, 1.807) is 11.3 Å². The molecule has 3 nitrogen and oxygen atoms in total. The first kappa shape index (κ1) is 15.2. The van der Waals surface area contributed by atoms with Crippen molar-refractivity contribution in [2.45, 2.75) is 24.3 Å². The molecule has 1 aliphatic heterocycles. The largest absolute Gasteiger partial charge is 0.381 e. The molecule has 1 saturated heterocycles. The van der Waals surface area contributed by atoms with E-state index in [1.807, 2.05) is 0 Å². The number of thiophene rings is 1. The Balaban J connectivity index is 2.08. The lowest BCUT2D eigenvalue weighted by atomic mass is 9.67. The summed E-state index contributed by atoms with van der Waals surface area (Å²) in [7, 11) is 0. The minimum atomic E-state index is -0.0299. The van der Waals surface area contributed by atoms with Crippen molar-refractivity contribution in [2.75, 3.05) is 13.2 Å². The molecule has 1 aromatic heterocycles. The van der Waals surface area contributed by atoms with Crippen LogP contribution in [0.4, 0.5) is 0 Å².